The van der Waals surface area contributed by atoms with Gasteiger partial charge in [0, 0.05) is 36.4 Å². The van der Waals surface area contributed by atoms with Crippen LogP contribution in [-0.2, 0) is 17.7 Å². The molecule has 168 valence electrons. The van der Waals surface area contributed by atoms with Gasteiger partial charge in [-0.15, -0.1) is 0 Å². The number of halogens is 3. The Morgan fingerprint density at radius 2 is 2.03 bits per heavy atom. The van der Waals surface area contributed by atoms with Crippen LogP contribution in [0.25, 0.3) is 0 Å². The first kappa shape index (κ1) is 14.7. The minimum Gasteiger partial charge on any atom is -0.503 e. The van der Waals surface area contributed by atoms with Crippen LogP contribution in [0, 0.1) is 17.5 Å². The lowest BCUT2D eigenvalue weighted by molar-refractivity contribution is -0.132. The lowest BCUT2D eigenvalue weighted by atomic mass is 10.1. The number of nitrogens with one attached hydrogen (secondary N) is 1. The van der Waals surface area contributed by atoms with Crippen LogP contribution in [0.4, 0.5) is 13.2 Å². The van der Waals surface area contributed by atoms with E-state index in [9.17, 15) is 32.7 Å². The minimum absolute atomic E-state index is 0.335. The third-order valence-corrected chi connectivity index (χ3v) is 5.62. The zero-order chi connectivity index (χ0) is 28.1. The molecule has 2 amide bonds. The van der Waals surface area contributed by atoms with Crippen molar-refractivity contribution in [2.45, 2.75) is 50.6 Å². The van der Waals surface area contributed by atoms with Crippen molar-refractivity contribution < 1.29 is 40.8 Å². The Labute approximate surface area is 187 Å². The number of carbonyl (C=O) groups is 2. The van der Waals surface area contributed by atoms with Gasteiger partial charge in [0.25, 0.3) is 11.8 Å². The summed E-state index contributed by atoms with van der Waals surface area (Å²) in [5.41, 5.74) is -5.05. The topological polar surface area (TPSA) is 101 Å². The molecule has 3 atom stereocenters. The van der Waals surface area contributed by atoms with Crippen LogP contribution in [0.5, 0.6) is 5.75 Å². The van der Waals surface area contributed by atoms with Gasteiger partial charge in [0.05, 0.1) is 20.8 Å². The number of hydrogen-bond donors (Lipinski definition) is 2. The normalized spacial score (nSPS) is 28.4. The number of pyridine rings is 1. The first-order chi connectivity index (χ1) is 17.6. The van der Waals surface area contributed by atoms with Gasteiger partial charge in [0.1, 0.15) is 23.0 Å². The largest absolute Gasteiger partial charge is 0.503 e. The Bertz CT molecular complexity index is 1460. The average molecular weight is 455 g/mol. The van der Waals surface area contributed by atoms with Crippen molar-refractivity contribution in [3.8, 4) is 5.75 Å². The molecule has 2 aromatic rings. The molecule has 2 N–H and O–H groups in total. The summed E-state index contributed by atoms with van der Waals surface area (Å²) in [6, 6.07) is -3.66. The van der Waals surface area contributed by atoms with Crippen LogP contribution >= 0.6 is 0 Å². The maximum absolute atomic E-state index is 14.4. The molecule has 0 spiro atoms. The molecule has 2 bridgehead atoms. The second-order valence-corrected chi connectivity index (χ2v) is 7.50. The molecule has 2 aliphatic heterocycles. The van der Waals surface area contributed by atoms with E-state index >= 15 is 0 Å². The summed E-state index contributed by atoms with van der Waals surface area (Å²) >= 11 is 0. The van der Waals surface area contributed by atoms with Crippen LogP contribution in [0.15, 0.2) is 23.1 Å². The van der Waals surface area contributed by atoms with Crippen LogP contribution < -0.4 is 10.7 Å². The smallest absolute Gasteiger partial charge is 0.276 e. The van der Waals surface area contributed by atoms with Crippen LogP contribution in [-0.4, -0.2) is 44.8 Å². The Morgan fingerprint density at radius 3 is 2.75 bits per heavy atom. The Kier molecular flexibility index (Phi) is 3.38. The van der Waals surface area contributed by atoms with Gasteiger partial charge in [-0.1, -0.05) is 0 Å². The molecular formula is C21H18F3N3O5. The summed E-state index contributed by atoms with van der Waals surface area (Å²) in [6.45, 7) is -6.16. The van der Waals surface area contributed by atoms with Gasteiger partial charge >= 0.3 is 0 Å². The van der Waals surface area contributed by atoms with Crippen molar-refractivity contribution >= 4 is 11.8 Å². The predicted molar refractivity (Wildman–Crippen MR) is 102 cm³/mol. The molecule has 3 aliphatic rings. The van der Waals surface area contributed by atoms with Crippen molar-refractivity contribution in [2.75, 3.05) is 0 Å². The van der Waals surface area contributed by atoms with Gasteiger partial charge in [-0.3, -0.25) is 14.4 Å². The van der Waals surface area contributed by atoms with Crippen molar-refractivity contribution in [1.82, 2.24) is 14.8 Å². The lowest BCUT2D eigenvalue weighted by Crippen LogP contribution is -2.57. The number of nitrogens with zero attached hydrogens (tertiary/aromatic N) is 2. The van der Waals surface area contributed by atoms with Crippen LogP contribution in [0.1, 0.15) is 53.9 Å². The summed E-state index contributed by atoms with van der Waals surface area (Å²) in [5.74, 6) is -9.92. The maximum atomic E-state index is 14.4. The summed E-state index contributed by atoms with van der Waals surface area (Å²) < 4.78 is 96.4. The van der Waals surface area contributed by atoms with E-state index in [4.69, 9.17) is 13.0 Å². The molecule has 8 nitrogen and oxygen atoms in total. The fourth-order valence-corrected chi connectivity index (χ4v) is 4.15. The summed E-state index contributed by atoms with van der Waals surface area (Å²) in [4.78, 5) is 40.1. The molecule has 0 unspecified atom stereocenters. The van der Waals surface area contributed by atoms with E-state index in [2.05, 4.69) is 0 Å². The zero-order valence-electron chi connectivity index (χ0n) is 22.0. The molecule has 1 aromatic carbocycles. The number of carbonyl (C=O) groups excluding carboxylic acids is 2. The average Bonchev–Trinajstić information content (AvgIpc) is 3.21. The minimum atomic E-state index is -3.55. The highest BCUT2D eigenvalue weighted by Gasteiger charge is 2.47. The van der Waals surface area contributed by atoms with Gasteiger partial charge in [0.15, 0.2) is 17.7 Å². The molecule has 2 fully saturated rings. The summed E-state index contributed by atoms with van der Waals surface area (Å²) in [5, 5.41) is 12.1. The van der Waals surface area contributed by atoms with Gasteiger partial charge < -0.3 is 24.6 Å². The lowest BCUT2D eigenvalue weighted by Gasteiger charge is -2.44. The maximum Gasteiger partial charge on any atom is 0.276 e. The van der Waals surface area contributed by atoms with E-state index in [-0.39, 0.29) is 6.10 Å². The number of benzene rings is 1. The number of fused-ring (bicyclic) bond motifs is 5. The molecular weight excluding hydrogens is 431 g/mol. The summed E-state index contributed by atoms with van der Waals surface area (Å²) in [6.07, 6.45) is 0.265. The highest BCUT2D eigenvalue weighted by molar-refractivity contribution is 5.99. The molecule has 32 heavy (non-hydrogen) atoms. The predicted octanol–water partition coefficient (Wildman–Crippen LogP) is 1.63. The Balaban J connectivity index is 1.58. The van der Waals surface area contributed by atoms with Crippen LogP contribution in [0.3, 0.4) is 0 Å². The molecule has 1 saturated heterocycles. The van der Waals surface area contributed by atoms with Crippen molar-refractivity contribution in [2.24, 2.45) is 0 Å². The number of ether oxygens (including phenoxy) is 1. The quantitative estimate of drug-likeness (QED) is 0.733. The first-order valence-electron chi connectivity index (χ1n) is 12.5. The summed E-state index contributed by atoms with van der Waals surface area (Å²) in [7, 11) is 0. The van der Waals surface area contributed by atoms with E-state index < -0.39 is 94.6 Å². The molecule has 1 aromatic heterocycles. The number of amides is 2. The standard InChI is InChI=1S/C21H18F3N3O5/c22-9-3-14(23)12(15(24)4-9)6-25-20(30)13-7-26-8-16-27(10-1-2-11(5-10)32-16)21(31)17(26)19(29)18(13)28/h3-4,7,10-11,16,29H,1-2,5-6,8H2,(H,25,30)/t10-,11+,16+/m0/s1/i3D,4D,6D2,8D2. The molecule has 0 radical (unpaired) electrons. The highest BCUT2D eigenvalue weighted by Crippen LogP contribution is 2.38. The zero-order valence-corrected chi connectivity index (χ0v) is 16.0. The third kappa shape index (κ3) is 3.15. The second-order valence-electron chi connectivity index (χ2n) is 7.50. The first-order valence-corrected chi connectivity index (χ1v) is 9.53. The van der Waals surface area contributed by atoms with E-state index in [0.29, 0.717) is 30.0 Å². The monoisotopic (exact) mass is 455 g/mol. The van der Waals surface area contributed by atoms with E-state index in [0.717, 1.165) is 4.90 Å². The van der Waals surface area contributed by atoms with Crippen LogP contribution in [0.2, 0.25) is 0 Å². The molecule has 1 saturated carbocycles. The molecule has 1 aliphatic carbocycles. The molecule has 5 rings (SSSR count). The number of rotatable bonds is 3. The fourth-order valence-electron chi connectivity index (χ4n) is 4.15. The highest BCUT2D eigenvalue weighted by atomic mass is 19.1. The van der Waals surface area contributed by atoms with Gasteiger partial charge in [-0.2, -0.15) is 0 Å². The van der Waals surface area contributed by atoms with E-state index in [1.807, 2.05) is 0 Å². The van der Waals surface area contributed by atoms with E-state index in [1.54, 1.807) is 0 Å². The van der Waals surface area contributed by atoms with Crippen molar-refractivity contribution in [1.29, 1.82) is 0 Å². The van der Waals surface area contributed by atoms with Gasteiger partial charge in [-0.05, 0) is 19.3 Å². The Hall–Kier alpha value is -3.34. The van der Waals surface area contributed by atoms with Gasteiger partial charge in [0.2, 0.25) is 5.43 Å². The second kappa shape index (κ2) is 7.37. The number of aromatic nitrogens is 1. The molecule has 3 heterocycles. The third-order valence-electron chi connectivity index (χ3n) is 5.62. The fraction of sp³-hybridized carbons (Fsp3) is 0.381. The van der Waals surface area contributed by atoms with Gasteiger partial charge in [-0.25, -0.2) is 13.2 Å². The number of aromatic hydroxyl groups is 1. The Morgan fingerprint density at radius 1 is 1.31 bits per heavy atom. The SMILES string of the molecule is [2H]c1c(F)c([2H])c(F)c(C([2H])([2H])NC(=O)c2cn3c(c(O)c2=O)C(=O)N2[C@H]4CC[C@H](C4)O[C@@H]2C3([2H])[2H])c1F. The number of hydrogen-bond acceptors (Lipinski definition) is 5. The van der Waals surface area contributed by atoms with Crippen molar-refractivity contribution in [3.05, 3.63) is 62.8 Å². The van der Waals surface area contributed by atoms with E-state index in [1.165, 1.54) is 5.32 Å². The van der Waals surface area contributed by atoms with Crippen molar-refractivity contribution in [3.63, 3.8) is 0 Å². The molecule has 11 heteroatoms.